The van der Waals surface area contributed by atoms with Gasteiger partial charge in [0.15, 0.2) is 0 Å². The Bertz CT molecular complexity index is 1030. The molecule has 1 N–H and O–H groups in total. The zero-order chi connectivity index (χ0) is 20.4. The highest BCUT2D eigenvalue weighted by Gasteiger charge is 2.35. The molecular weight excluding hydrogens is 392 g/mol. The molecule has 0 spiro atoms. The van der Waals surface area contributed by atoms with Gasteiger partial charge >= 0.3 is 0 Å². The largest absolute Gasteiger partial charge is 0.497 e. The number of imidazole rings is 1. The predicted molar refractivity (Wildman–Crippen MR) is 111 cm³/mol. The number of nitrogens with one attached hydrogen (secondary N) is 1. The lowest BCUT2D eigenvalue weighted by Crippen LogP contribution is -2.28. The summed E-state index contributed by atoms with van der Waals surface area (Å²) in [5.41, 5.74) is 2.10. The molecule has 2 aromatic carbocycles. The Morgan fingerprint density at radius 2 is 2.03 bits per heavy atom. The maximum absolute atomic E-state index is 12.7. The molecule has 1 atom stereocenters. The Labute approximate surface area is 172 Å². The Hall–Kier alpha value is -3.32. The zero-order valence-electron chi connectivity index (χ0n) is 15.7. The van der Waals surface area contributed by atoms with Gasteiger partial charge in [-0.25, -0.2) is 4.98 Å². The second-order valence-electron chi connectivity index (χ2n) is 6.73. The van der Waals surface area contributed by atoms with Crippen LogP contribution in [0.4, 0.5) is 11.4 Å². The summed E-state index contributed by atoms with van der Waals surface area (Å²) in [6.07, 6.45) is 5.27. The summed E-state index contributed by atoms with van der Waals surface area (Å²) in [4.78, 5) is 30.7. The van der Waals surface area contributed by atoms with Crippen LogP contribution >= 0.6 is 11.6 Å². The zero-order valence-corrected chi connectivity index (χ0v) is 16.5. The van der Waals surface area contributed by atoms with Crippen LogP contribution in [0.1, 0.15) is 6.42 Å². The van der Waals surface area contributed by atoms with Crippen LogP contribution in [0.3, 0.4) is 0 Å². The molecule has 29 heavy (non-hydrogen) atoms. The number of halogens is 1. The highest BCUT2D eigenvalue weighted by Crippen LogP contribution is 2.29. The second-order valence-corrected chi connectivity index (χ2v) is 7.14. The second kappa shape index (κ2) is 7.97. The Balaban J connectivity index is 1.43. The summed E-state index contributed by atoms with van der Waals surface area (Å²) in [6, 6.07) is 12.5. The van der Waals surface area contributed by atoms with E-state index in [1.165, 1.54) is 0 Å². The van der Waals surface area contributed by atoms with Crippen molar-refractivity contribution in [3.63, 3.8) is 0 Å². The molecule has 7 nitrogen and oxygen atoms in total. The first-order valence-electron chi connectivity index (χ1n) is 9.08. The molecule has 2 heterocycles. The number of amides is 2. The predicted octanol–water partition coefficient (Wildman–Crippen LogP) is 3.53. The van der Waals surface area contributed by atoms with Gasteiger partial charge in [0, 0.05) is 36.7 Å². The fourth-order valence-corrected chi connectivity index (χ4v) is 3.61. The molecule has 1 saturated heterocycles. The van der Waals surface area contributed by atoms with Crippen molar-refractivity contribution in [2.24, 2.45) is 5.92 Å². The van der Waals surface area contributed by atoms with Crippen LogP contribution in [-0.2, 0) is 9.59 Å². The summed E-state index contributed by atoms with van der Waals surface area (Å²) >= 11 is 6.34. The number of carbonyl (C=O) groups is 2. The molecule has 8 heteroatoms. The smallest absolute Gasteiger partial charge is 0.229 e. The monoisotopic (exact) mass is 410 g/mol. The number of nitrogens with zero attached hydrogens (tertiary/aromatic N) is 3. The number of methoxy groups -OCH3 is 1. The third kappa shape index (κ3) is 3.95. The van der Waals surface area contributed by atoms with Crippen LogP contribution in [0.15, 0.2) is 61.2 Å². The fraction of sp³-hybridized carbons (Fsp3) is 0.190. The molecule has 148 valence electrons. The van der Waals surface area contributed by atoms with Gasteiger partial charge in [0.2, 0.25) is 11.8 Å². The van der Waals surface area contributed by atoms with E-state index in [0.29, 0.717) is 23.0 Å². The minimum Gasteiger partial charge on any atom is -0.497 e. The van der Waals surface area contributed by atoms with Gasteiger partial charge in [-0.2, -0.15) is 0 Å². The lowest BCUT2D eigenvalue weighted by atomic mass is 10.1. The highest BCUT2D eigenvalue weighted by atomic mass is 35.5. The number of carbonyl (C=O) groups excluding carboxylic acids is 2. The molecule has 1 unspecified atom stereocenters. The SMILES string of the molecule is COc1ccc(N2CC(C(=O)Nc3ccc(-n4ccnc4)c(Cl)c3)CC2=O)cc1. The molecule has 4 rings (SSSR count). The maximum atomic E-state index is 12.7. The van der Waals surface area contributed by atoms with Crippen molar-refractivity contribution >= 4 is 34.8 Å². The lowest BCUT2D eigenvalue weighted by Gasteiger charge is -2.17. The molecule has 1 aliphatic rings. The maximum Gasteiger partial charge on any atom is 0.229 e. The number of hydrogen-bond acceptors (Lipinski definition) is 4. The van der Waals surface area contributed by atoms with Crippen molar-refractivity contribution in [3.8, 4) is 11.4 Å². The van der Waals surface area contributed by atoms with Gasteiger partial charge in [-0.3, -0.25) is 9.59 Å². The van der Waals surface area contributed by atoms with Crippen LogP contribution in [-0.4, -0.2) is 35.0 Å². The van der Waals surface area contributed by atoms with Crippen molar-refractivity contribution in [1.82, 2.24) is 9.55 Å². The van der Waals surface area contributed by atoms with Gasteiger partial charge in [0.25, 0.3) is 0 Å². The number of rotatable bonds is 5. The third-order valence-electron chi connectivity index (χ3n) is 4.88. The molecule has 0 bridgehead atoms. The van der Waals surface area contributed by atoms with E-state index in [9.17, 15) is 9.59 Å². The van der Waals surface area contributed by atoms with Crippen LogP contribution in [0.2, 0.25) is 5.02 Å². The molecule has 1 fully saturated rings. The van der Waals surface area contributed by atoms with E-state index in [1.54, 1.807) is 59.6 Å². The topological polar surface area (TPSA) is 76.5 Å². The normalized spacial score (nSPS) is 16.1. The summed E-state index contributed by atoms with van der Waals surface area (Å²) in [6.45, 7) is 0.331. The van der Waals surface area contributed by atoms with E-state index in [4.69, 9.17) is 16.3 Å². The van der Waals surface area contributed by atoms with Gasteiger partial charge in [-0.1, -0.05) is 11.6 Å². The molecule has 0 aliphatic carbocycles. The summed E-state index contributed by atoms with van der Waals surface area (Å²) < 4.78 is 6.93. The Kier molecular flexibility index (Phi) is 5.22. The molecule has 0 saturated carbocycles. The van der Waals surface area contributed by atoms with E-state index in [1.807, 2.05) is 18.2 Å². The van der Waals surface area contributed by atoms with Crippen molar-refractivity contribution in [2.45, 2.75) is 6.42 Å². The van der Waals surface area contributed by atoms with Gasteiger partial charge in [-0.15, -0.1) is 0 Å². The molecule has 1 aliphatic heterocycles. The summed E-state index contributed by atoms with van der Waals surface area (Å²) in [7, 11) is 1.59. The van der Waals surface area contributed by atoms with Crippen molar-refractivity contribution < 1.29 is 14.3 Å². The van der Waals surface area contributed by atoms with Crippen LogP contribution in [0, 0.1) is 5.92 Å². The number of ether oxygens (including phenoxy) is 1. The summed E-state index contributed by atoms with van der Waals surface area (Å²) in [5.74, 6) is -0.00739. The Morgan fingerprint density at radius 1 is 1.24 bits per heavy atom. The van der Waals surface area contributed by atoms with Gasteiger partial charge in [0.1, 0.15) is 5.75 Å². The average molecular weight is 411 g/mol. The van der Waals surface area contributed by atoms with E-state index in [2.05, 4.69) is 10.3 Å². The van der Waals surface area contributed by atoms with Gasteiger partial charge in [0.05, 0.1) is 30.1 Å². The minimum atomic E-state index is -0.434. The van der Waals surface area contributed by atoms with E-state index in [-0.39, 0.29) is 18.2 Å². The highest BCUT2D eigenvalue weighted by molar-refractivity contribution is 6.32. The van der Waals surface area contributed by atoms with Crippen LogP contribution < -0.4 is 15.0 Å². The van der Waals surface area contributed by atoms with Gasteiger partial charge in [-0.05, 0) is 42.5 Å². The number of hydrogen-bond donors (Lipinski definition) is 1. The average Bonchev–Trinajstić information content (AvgIpc) is 3.38. The first kappa shape index (κ1) is 19.0. The van der Waals surface area contributed by atoms with Crippen molar-refractivity contribution in [2.75, 3.05) is 23.9 Å². The standard InChI is InChI=1S/C21H19ClN4O3/c1-29-17-5-3-16(4-6-17)26-12-14(10-20(26)27)21(28)24-15-2-7-19(18(22)11-15)25-9-8-23-13-25/h2-9,11,13-14H,10,12H2,1H3,(H,24,28). The van der Waals surface area contributed by atoms with E-state index >= 15 is 0 Å². The number of anilines is 2. The van der Waals surface area contributed by atoms with Crippen LogP contribution in [0.25, 0.3) is 5.69 Å². The third-order valence-corrected chi connectivity index (χ3v) is 5.18. The lowest BCUT2D eigenvalue weighted by molar-refractivity contribution is -0.122. The Morgan fingerprint density at radius 3 is 2.69 bits per heavy atom. The quantitative estimate of drug-likeness (QED) is 0.698. The number of benzene rings is 2. The molecule has 0 radical (unpaired) electrons. The van der Waals surface area contributed by atoms with Crippen LogP contribution in [0.5, 0.6) is 5.75 Å². The minimum absolute atomic E-state index is 0.0798. The fourth-order valence-electron chi connectivity index (χ4n) is 3.33. The first-order chi connectivity index (χ1) is 14.0. The molecular formula is C21H19ClN4O3. The van der Waals surface area contributed by atoms with Crippen molar-refractivity contribution in [3.05, 3.63) is 66.2 Å². The summed E-state index contributed by atoms with van der Waals surface area (Å²) in [5, 5.41) is 3.35. The number of aromatic nitrogens is 2. The van der Waals surface area contributed by atoms with Gasteiger partial charge < -0.3 is 19.5 Å². The molecule has 2 amide bonds. The first-order valence-corrected chi connectivity index (χ1v) is 9.46. The molecule has 3 aromatic rings. The molecule has 1 aromatic heterocycles. The van der Waals surface area contributed by atoms with E-state index < -0.39 is 5.92 Å². The van der Waals surface area contributed by atoms with Crippen molar-refractivity contribution in [1.29, 1.82) is 0 Å². The van der Waals surface area contributed by atoms with E-state index in [0.717, 1.165) is 11.4 Å².